The number of esters is 2. The molecule has 0 spiro atoms. The van der Waals surface area contributed by atoms with Crippen LogP contribution in [0.5, 0.6) is 5.75 Å². The highest BCUT2D eigenvalue weighted by Crippen LogP contribution is 2.37. The first kappa shape index (κ1) is 16.6. The van der Waals surface area contributed by atoms with Crippen LogP contribution in [0.1, 0.15) is 11.5 Å². The first-order valence-electron chi connectivity index (χ1n) is 6.89. The maximum Gasteiger partial charge on any atom is 0.373 e. The molecule has 1 aromatic rings. The van der Waals surface area contributed by atoms with E-state index in [1.54, 1.807) is 19.3 Å². The number of rotatable bonds is 5. The van der Waals surface area contributed by atoms with E-state index in [-0.39, 0.29) is 17.3 Å². The van der Waals surface area contributed by atoms with E-state index in [9.17, 15) is 9.59 Å². The Morgan fingerprint density at radius 1 is 1.17 bits per heavy atom. The molecular weight excluding hydrogens is 300 g/mol. The van der Waals surface area contributed by atoms with Gasteiger partial charge in [0.05, 0.1) is 26.9 Å². The quantitative estimate of drug-likeness (QED) is 0.610. The summed E-state index contributed by atoms with van der Waals surface area (Å²) >= 11 is 0. The maximum atomic E-state index is 11.8. The van der Waals surface area contributed by atoms with Gasteiger partial charge in [0.1, 0.15) is 11.9 Å². The van der Waals surface area contributed by atoms with Crippen molar-refractivity contribution in [3.63, 3.8) is 0 Å². The highest BCUT2D eigenvalue weighted by atomic mass is 16.6. The second-order valence-corrected chi connectivity index (χ2v) is 4.88. The molecule has 0 N–H and O–H groups in total. The Labute approximate surface area is 134 Å². The number of hydrogen-bond donors (Lipinski definition) is 0. The molecule has 6 heteroatoms. The van der Waals surface area contributed by atoms with Crippen LogP contribution in [0.3, 0.4) is 0 Å². The molecule has 1 aliphatic heterocycles. The fourth-order valence-corrected chi connectivity index (χ4v) is 2.37. The molecule has 0 saturated carbocycles. The smallest absolute Gasteiger partial charge is 0.373 e. The van der Waals surface area contributed by atoms with E-state index in [0.717, 1.165) is 5.56 Å². The first-order valence-corrected chi connectivity index (χ1v) is 6.89. The van der Waals surface area contributed by atoms with E-state index in [2.05, 4.69) is 11.3 Å². The Hall–Kier alpha value is -2.76. The molecule has 0 aromatic heterocycles. The van der Waals surface area contributed by atoms with Crippen LogP contribution in [-0.2, 0) is 23.8 Å². The van der Waals surface area contributed by atoms with Crippen LogP contribution in [0.4, 0.5) is 0 Å². The lowest BCUT2D eigenvalue weighted by atomic mass is 9.90. The molecule has 122 valence electrons. The largest absolute Gasteiger partial charge is 0.497 e. The number of carbonyl (C=O) groups excluding carboxylic acids is 2. The summed E-state index contributed by atoms with van der Waals surface area (Å²) in [5, 5.41) is 0. The SMILES string of the molecule is C=C(C(=O)OC)[C@H]1OC(C(=O)OC)=C[C@@H]1c1cccc(OC)c1. The van der Waals surface area contributed by atoms with Gasteiger partial charge in [-0.25, -0.2) is 9.59 Å². The molecule has 23 heavy (non-hydrogen) atoms. The van der Waals surface area contributed by atoms with Crippen LogP contribution in [0.2, 0.25) is 0 Å². The minimum absolute atomic E-state index is 0.0374. The molecular formula is C17H18O6. The Morgan fingerprint density at radius 3 is 2.52 bits per heavy atom. The van der Waals surface area contributed by atoms with Crippen molar-refractivity contribution in [2.45, 2.75) is 12.0 Å². The third-order valence-corrected chi connectivity index (χ3v) is 3.57. The van der Waals surface area contributed by atoms with E-state index in [1.807, 2.05) is 18.2 Å². The predicted molar refractivity (Wildman–Crippen MR) is 81.9 cm³/mol. The van der Waals surface area contributed by atoms with Gasteiger partial charge in [0.15, 0.2) is 0 Å². The van der Waals surface area contributed by atoms with Crippen LogP contribution in [0.15, 0.2) is 48.3 Å². The second kappa shape index (κ2) is 7.00. The van der Waals surface area contributed by atoms with Crippen molar-refractivity contribution in [3.05, 3.63) is 53.8 Å². The third kappa shape index (κ3) is 3.36. The van der Waals surface area contributed by atoms with Gasteiger partial charge in [-0.15, -0.1) is 0 Å². The molecule has 2 rings (SSSR count). The van der Waals surface area contributed by atoms with Gasteiger partial charge in [-0.1, -0.05) is 18.7 Å². The van der Waals surface area contributed by atoms with Crippen molar-refractivity contribution in [1.29, 1.82) is 0 Å². The Kier molecular flexibility index (Phi) is 5.05. The molecule has 1 aliphatic rings. The van der Waals surface area contributed by atoms with Crippen molar-refractivity contribution in [1.82, 2.24) is 0 Å². The zero-order chi connectivity index (χ0) is 17.0. The summed E-state index contributed by atoms with van der Waals surface area (Å²) in [6, 6.07) is 7.28. The van der Waals surface area contributed by atoms with Gasteiger partial charge in [0.2, 0.25) is 5.76 Å². The number of ether oxygens (including phenoxy) is 4. The van der Waals surface area contributed by atoms with Crippen molar-refractivity contribution in [3.8, 4) is 5.75 Å². The van der Waals surface area contributed by atoms with E-state index in [4.69, 9.17) is 14.2 Å². The van der Waals surface area contributed by atoms with Crippen LogP contribution >= 0.6 is 0 Å². The summed E-state index contributed by atoms with van der Waals surface area (Å²) in [6.07, 6.45) is 0.864. The molecule has 1 heterocycles. The molecule has 0 bridgehead atoms. The van der Waals surface area contributed by atoms with E-state index >= 15 is 0 Å². The molecule has 0 aliphatic carbocycles. The number of benzene rings is 1. The minimum atomic E-state index is -0.747. The lowest BCUT2D eigenvalue weighted by Gasteiger charge is -2.20. The Balaban J connectivity index is 2.40. The molecule has 0 radical (unpaired) electrons. The highest BCUT2D eigenvalue weighted by molar-refractivity contribution is 5.91. The zero-order valence-corrected chi connectivity index (χ0v) is 13.2. The van der Waals surface area contributed by atoms with Gasteiger partial charge in [0, 0.05) is 5.92 Å². The van der Waals surface area contributed by atoms with E-state index < -0.39 is 18.0 Å². The lowest BCUT2D eigenvalue weighted by molar-refractivity contribution is -0.142. The molecule has 0 saturated heterocycles. The number of carbonyl (C=O) groups is 2. The van der Waals surface area contributed by atoms with Gasteiger partial charge >= 0.3 is 11.9 Å². The second-order valence-electron chi connectivity index (χ2n) is 4.88. The lowest BCUT2D eigenvalue weighted by Crippen LogP contribution is -2.24. The third-order valence-electron chi connectivity index (χ3n) is 3.57. The fraction of sp³-hybridized carbons (Fsp3) is 0.294. The van der Waals surface area contributed by atoms with Crippen LogP contribution in [-0.4, -0.2) is 39.4 Å². The average molecular weight is 318 g/mol. The normalized spacial score (nSPS) is 19.3. The molecule has 0 amide bonds. The first-order chi connectivity index (χ1) is 11.0. The van der Waals surface area contributed by atoms with Crippen LogP contribution in [0, 0.1) is 0 Å². The Bertz CT molecular complexity index is 661. The van der Waals surface area contributed by atoms with Crippen molar-refractivity contribution >= 4 is 11.9 Å². The molecule has 6 nitrogen and oxygen atoms in total. The van der Waals surface area contributed by atoms with Crippen molar-refractivity contribution in [2.24, 2.45) is 0 Å². The monoisotopic (exact) mass is 318 g/mol. The standard InChI is InChI=1S/C17H18O6/c1-10(16(18)21-3)15-13(9-14(23-15)17(19)22-4)11-6-5-7-12(8-11)20-2/h5-9,13,15H,1H2,2-4H3/t13-,15-/m1/s1. The predicted octanol–water partition coefficient (Wildman–Crippen LogP) is 1.96. The summed E-state index contributed by atoms with van der Waals surface area (Å²) in [6.45, 7) is 3.73. The fourth-order valence-electron chi connectivity index (χ4n) is 2.37. The van der Waals surface area contributed by atoms with Gasteiger partial charge in [0.25, 0.3) is 0 Å². The van der Waals surface area contributed by atoms with Gasteiger partial charge in [-0.2, -0.15) is 0 Å². The van der Waals surface area contributed by atoms with E-state index in [1.165, 1.54) is 14.2 Å². The van der Waals surface area contributed by atoms with Gasteiger partial charge < -0.3 is 18.9 Å². The molecule has 0 fully saturated rings. The van der Waals surface area contributed by atoms with E-state index in [0.29, 0.717) is 5.75 Å². The molecule has 2 atom stereocenters. The molecule has 0 unspecified atom stereocenters. The maximum absolute atomic E-state index is 11.8. The van der Waals surface area contributed by atoms with Crippen molar-refractivity contribution < 1.29 is 28.5 Å². The zero-order valence-electron chi connectivity index (χ0n) is 13.2. The summed E-state index contributed by atoms with van der Waals surface area (Å²) in [5.41, 5.74) is 0.939. The summed E-state index contributed by atoms with van der Waals surface area (Å²) in [7, 11) is 4.08. The Morgan fingerprint density at radius 2 is 1.91 bits per heavy atom. The minimum Gasteiger partial charge on any atom is -0.497 e. The van der Waals surface area contributed by atoms with Crippen LogP contribution in [0.25, 0.3) is 0 Å². The van der Waals surface area contributed by atoms with Gasteiger partial charge in [-0.3, -0.25) is 0 Å². The van der Waals surface area contributed by atoms with Crippen molar-refractivity contribution in [2.75, 3.05) is 21.3 Å². The topological polar surface area (TPSA) is 71.1 Å². The van der Waals surface area contributed by atoms with Gasteiger partial charge in [-0.05, 0) is 23.8 Å². The highest BCUT2D eigenvalue weighted by Gasteiger charge is 2.38. The number of methoxy groups -OCH3 is 3. The summed E-state index contributed by atoms with van der Waals surface area (Å²) < 4.78 is 20.2. The molecule has 1 aromatic carbocycles. The summed E-state index contributed by atoms with van der Waals surface area (Å²) in [4.78, 5) is 23.5. The van der Waals surface area contributed by atoms with Crippen LogP contribution < -0.4 is 4.74 Å². The average Bonchev–Trinajstić information content (AvgIpc) is 3.04. The summed E-state index contributed by atoms with van der Waals surface area (Å²) in [5.74, 6) is -0.897. The number of hydrogen-bond acceptors (Lipinski definition) is 6.